The number of aromatic nitrogens is 1. The van der Waals surface area contributed by atoms with Crippen LogP contribution in [0.15, 0.2) is 16.9 Å². The minimum Gasteiger partial charge on any atom is -0.462 e. The Morgan fingerprint density at radius 1 is 1.53 bits per heavy atom. The van der Waals surface area contributed by atoms with Crippen molar-refractivity contribution in [1.29, 1.82) is 0 Å². The lowest BCUT2D eigenvalue weighted by Gasteiger charge is -2.03. The van der Waals surface area contributed by atoms with Crippen LogP contribution in [0.5, 0.6) is 0 Å². The van der Waals surface area contributed by atoms with E-state index < -0.39 is 23.6 Å². The summed E-state index contributed by atoms with van der Waals surface area (Å²) in [6, 6.07) is 1.83. The number of hydrogen-bond donors (Lipinski definition) is 1. The summed E-state index contributed by atoms with van der Waals surface area (Å²) in [6.45, 7) is 1.70. The number of hydrogen-bond acceptors (Lipinski definition) is 3. The van der Waals surface area contributed by atoms with Crippen LogP contribution in [0.25, 0.3) is 0 Å². The first-order valence-corrected chi connectivity index (χ1v) is 4.24. The zero-order chi connectivity index (χ0) is 11.4. The predicted octanol–water partition coefficient (Wildman–Crippen LogP) is 1.49. The molecular formula is C9H9F2NO3. The zero-order valence-corrected chi connectivity index (χ0v) is 7.92. The minimum absolute atomic E-state index is 0.121. The van der Waals surface area contributed by atoms with Crippen LogP contribution >= 0.6 is 0 Å². The van der Waals surface area contributed by atoms with E-state index in [0.717, 1.165) is 12.1 Å². The van der Waals surface area contributed by atoms with Gasteiger partial charge in [0.25, 0.3) is 6.43 Å². The van der Waals surface area contributed by atoms with Crippen molar-refractivity contribution in [3.63, 3.8) is 0 Å². The van der Waals surface area contributed by atoms with Gasteiger partial charge in [-0.1, -0.05) is 0 Å². The molecule has 4 nitrogen and oxygen atoms in total. The molecule has 6 heteroatoms. The Balaban J connectivity index is 3.09. The van der Waals surface area contributed by atoms with Crippen LogP contribution in [0.4, 0.5) is 8.78 Å². The Hall–Kier alpha value is -1.72. The number of aromatic amines is 1. The molecule has 0 aliphatic carbocycles. The van der Waals surface area contributed by atoms with E-state index in [4.69, 9.17) is 0 Å². The van der Waals surface area contributed by atoms with Crippen LogP contribution in [-0.4, -0.2) is 17.6 Å². The van der Waals surface area contributed by atoms with E-state index >= 15 is 0 Å². The van der Waals surface area contributed by atoms with Crippen LogP contribution < -0.4 is 5.56 Å². The van der Waals surface area contributed by atoms with Crippen LogP contribution in [0, 0.1) is 0 Å². The molecule has 1 rings (SSSR count). The van der Waals surface area contributed by atoms with Crippen molar-refractivity contribution >= 4 is 5.97 Å². The highest BCUT2D eigenvalue weighted by molar-refractivity contribution is 5.89. The molecule has 0 saturated carbocycles. The zero-order valence-electron chi connectivity index (χ0n) is 7.92. The summed E-state index contributed by atoms with van der Waals surface area (Å²) in [4.78, 5) is 24.0. The molecule has 0 fully saturated rings. The fourth-order valence-electron chi connectivity index (χ4n) is 1.01. The van der Waals surface area contributed by atoms with Crippen molar-refractivity contribution in [2.24, 2.45) is 0 Å². The van der Waals surface area contributed by atoms with E-state index in [1.165, 1.54) is 0 Å². The lowest BCUT2D eigenvalue weighted by atomic mass is 10.2. The second kappa shape index (κ2) is 4.68. The number of halogens is 2. The Morgan fingerprint density at radius 2 is 2.20 bits per heavy atom. The van der Waals surface area contributed by atoms with Gasteiger partial charge in [-0.2, -0.15) is 0 Å². The molecule has 0 aromatic carbocycles. The highest BCUT2D eigenvalue weighted by Crippen LogP contribution is 2.15. The lowest BCUT2D eigenvalue weighted by Crippen LogP contribution is -2.14. The van der Waals surface area contributed by atoms with E-state index in [1.807, 2.05) is 4.98 Å². The molecule has 82 valence electrons. The molecule has 0 bridgehead atoms. The van der Waals surface area contributed by atoms with E-state index in [2.05, 4.69) is 4.74 Å². The Labute approximate surface area is 83.9 Å². The van der Waals surface area contributed by atoms with Crippen LogP contribution in [0.1, 0.15) is 29.4 Å². The van der Waals surface area contributed by atoms with Gasteiger partial charge in [0.2, 0.25) is 5.56 Å². The second-order valence-electron chi connectivity index (χ2n) is 2.71. The van der Waals surface area contributed by atoms with E-state index in [9.17, 15) is 18.4 Å². The van der Waals surface area contributed by atoms with Crippen molar-refractivity contribution < 1.29 is 18.3 Å². The molecule has 0 atom stereocenters. The van der Waals surface area contributed by atoms with Crippen LogP contribution in [0.2, 0.25) is 0 Å². The van der Waals surface area contributed by atoms with Gasteiger partial charge in [0, 0.05) is 6.07 Å². The molecule has 15 heavy (non-hydrogen) atoms. The fourth-order valence-corrected chi connectivity index (χ4v) is 1.01. The Bertz CT molecular complexity index is 414. The van der Waals surface area contributed by atoms with Gasteiger partial charge < -0.3 is 9.72 Å². The van der Waals surface area contributed by atoms with Gasteiger partial charge in [0.05, 0.1) is 17.9 Å². The summed E-state index contributed by atoms with van der Waals surface area (Å²) in [6.07, 6.45) is -2.83. The summed E-state index contributed by atoms with van der Waals surface area (Å²) in [7, 11) is 0. The van der Waals surface area contributed by atoms with Crippen molar-refractivity contribution in [3.05, 3.63) is 33.7 Å². The SMILES string of the molecule is CCOC(=O)c1cc(C(F)F)[nH]c(=O)c1. The van der Waals surface area contributed by atoms with Gasteiger partial charge in [-0.3, -0.25) is 4.79 Å². The average Bonchev–Trinajstić information content (AvgIpc) is 2.17. The number of carbonyl (C=O) groups excluding carboxylic acids is 1. The number of esters is 1. The van der Waals surface area contributed by atoms with Gasteiger partial charge in [-0.25, -0.2) is 13.6 Å². The first-order valence-electron chi connectivity index (χ1n) is 4.24. The molecule has 1 N–H and O–H groups in total. The molecule has 1 aromatic heterocycles. The summed E-state index contributed by atoms with van der Waals surface area (Å²) in [5, 5.41) is 0. The topological polar surface area (TPSA) is 59.2 Å². The number of H-pyrrole nitrogens is 1. The average molecular weight is 217 g/mol. The predicted molar refractivity (Wildman–Crippen MR) is 48.0 cm³/mol. The Kier molecular flexibility index (Phi) is 3.54. The molecule has 1 aromatic rings. The van der Waals surface area contributed by atoms with Crippen molar-refractivity contribution in [3.8, 4) is 0 Å². The first kappa shape index (κ1) is 11.4. The van der Waals surface area contributed by atoms with Gasteiger partial charge in [0.1, 0.15) is 0 Å². The number of alkyl halides is 2. The first-order chi connectivity index (χ1) is 7.04. The molecule has 1 heterocycles. The highest BCUT2D eigenvalue weighted by Gasteiger charge is 2.13. The van der Waals surface area contributed by atoms with Gasteiger partial charge >= 0.3 is 5.97 Å². The van der Waals surface area contributed by atoms with Crippen molar-refractivity contribution in [2.45, 2.75) is 13.3 Å². The van der Waals surface area contributed by atoms with E-state index in [-0.39, 0.29) is 12.2 Å². The largest absolute Gasteiger partial charge is 0.462 e. The third-order valence-corrected chi connectivity index (χ3v) is 1.61. The van der Waals surface area contributed by atoms with E-state index in [1.54, 1.807) is 6.92 Å². The molecule has 0 saturated heterocycles. The number of pyridine rings is 1. The molecule has 0 unspecified atom stereocenters. The summed E-state index contributed by atoms with van der Waals surface area (Å²) < 4.78 is 29.1. The molecule has 0 spiro atoms. The van der Waals surface area contributed by atoms with Crippen LogP contribution in [0.3, 0.4) is 0 Å². The molecule has 0 aliphatic heterocycles. The van der Waals surface area contributed by atoms with Gasteiger partial charge in [0.15, 0.2) is 0 Å². The number of ether oxygens (including phenoxy) is 1. The maximum absolute atomic E-state index is 12.3. The maximum atomic E-state index is 12.3. The van der Waals surface area contributed by atoms with Crippen molar-refractivity contribution in [2.75, 3.05) is 6.61 Å². The standard InChI is InChI=1S/C9H9F2NO3/c1-2-15-9(14)5-3-6(8(10)11)12-7(13)4-5/h3-4,8H,2H2,1H3,(H,12,13). The third kappa shape index (κ3) is 2.87. The number of rotatable bonds is 3. The highest BCUT2D eigenvalue weighted by atomic mass is 19.3. The number of carbonyl (C=O) groups is 1. The molecule has 0 radical (unpaired) electrons. The van der Waals surface area contributed by atoms with Crippen molar-refractivity contribution in [1.82, 2.24) is 4.98 Å². The number of nitrogens with one attached hydrogen (secondary N) is 1. The Morgan fingerprint density at radius 3 is 2.73 bits per heavy atom. The maximum Gasteiger partial charge on any atom is 0.338 e. The second-order valence-corrected chi connectivity index (χ2v) is 2.71. The van der Waals surface area contributed by atoms with Gasteiger partial charge in [-0.05, 0) is 13.0 Å². The van der Waals surface area contributed by atoms with Gasteiger partial charge in [-0.15, -0.1) is 0 Å². The lowest BCUT2D eigenvalue weighted by molar-refractivity contribution is 0.0525. The molecular weight excluding hydrogens is 208 g/mol. The smallest absolute Gasteiger partial charge is 0.338 e. The van der Waals surface area contributed by atoms with E-state index in [0.29, 0.717) is 0 Å². The third-order valence-electron chi connectivity index (χ3n) is 1.61. The minimum atomic E-state index is -2.83. The molecule has 0 aliphatic rings. The monoisotopic (exact) mass is 217 g/mol. The summed E-state index contributed by atoms with van der Waals surface area (Å²) in [5.41, 5.74) is -1.52. The molecule has 0 amide bonds. The summed E-state index contributed by atoms with van der Waals surface area (Å²) >= 11 is 0. The van der Waals surface area contributed by atoms with Crippen LogP contribution in [-0.2, 0) is 4.74 Å². The normalized spacial score (nSPS) is 10.4. The summed E-state index contributed by atoms with van der Waals surface area (Å²) in [5.74, 6) is -0.787. The quantitative estimate of drug-likeness (QED) is 0.780. The fraction of sp³-hybridized carbons (Fsp3) is 0.333.